The first kappa shape index (κ1) is 12.8. The predicted octanol–water partition coefficient (Wildman–Crippen LogP) is 0.753. The van der Waals surface area contributed by atoms with Gasteiger partial charge in [-0.05, 0) is 31.2 Å². The average molecular weight is 245 g/mol. The Balaban J connectivity index is 2.43. The maximum atomic E-state index is 10.6. The minimum Gasteiger partial charge on any atom is -0.494 e. The van der Waals surface area contributed by atoms with E-state index in [-0.39, 0.29) is 12.4 Å². The van der Waals surface area contributed by atoms with Gasteiger partial charge in [0.25, 0.3) is 0 Å². The second kappa shape index (κ2) is 5.72. The Morgan fingerprint density at radius 1 is 1.12 bits per heavy atom. The van der Waals surface area contributed by atoms with E-state index in [1.165, 1.54) is 0 Å². The molecule has 2 N–H and O–H groups in total. The zero-order valence-electron chi connectivity index (χ0n) is 9.05. The van der Waals surface area contributed by atoms with Gasteiger partial charge in [-0.1, -0.05) is 0 Å². The summed E-state index contributed by atoms with van der Waals surface area (Å²) < 4.78 is 31.7. The number of rotatable bonds is 6. The molecule has 0 bridgehead atoms. The van der Waals surface area contributed by atoms with Crippen LogP contribution in [0.3, 0.4) is 0 Å². The molecule has 0 radical (unpaired) electrons. The van der Waals surface area contributed by atoms with Crippen LogP contribution in [0.1, 0.15) is 6.92 Å². The highest BCUT2D eigenvalue weighted by Gasteiger charge is 2.02. The molecule has 0 spiro atoms. The van der Waals surface area contributed by atoms with Gasteiger partial charge in [0.15, 0.2) is 0 Å². The van der Waals surface area contributed by atoms with Crippen LogP contribution in [-0.2, 0) is 10.0 Å². The van der Waals surface area contributed by atoms with Crippen LogP contribution in [-0.4, -0.2) is 27.4 Å². The fourth-order valence-corrected chi connectivity index (χ4v) is 1.39. The van der Waals surface area contributed by atoms with Crippen LogP contribution in [0.15, 0.2) is 24.3 Å². The smallest absolute Gasteiger partial charge is 0.212 e. The molecule has 0 saturated heterocycles. The van der Waals surface area contributed by atoms with Gasteiger partial charge >= 0.3 is 0 Å². The van der Waals surface area contributed by atoms with Gasteiger partial charge in [0.05, 0.1) is 12.4 Å². The molecule has 0 aliphatic heterocycles. The summed E-state index contributed by atoms with van der Waals surface area (Å²) in [5, 5.41) is 4.84. The van der Waals surface area contributed by atoms with E-state index in [9.17, 15) is 8.42 Å². The fraction of sp³-hybridized carbons (Fsp3) is 0.400. The molecule has 16 heavy (non-hydrogen) atoms. The second-order valence-corrected chi connectivity index (χ2v) is 4.85. The van der Waals surface area contributed by atoms with Crippen LogP contribution in [0.2, 0.25) is 0 Å². The summed E-state index contributed by atoms with van der Waals surface area (Å²) in [6.07, 6.45) is 0. The number of sulfonamides is 1. The summed E-state index contributed by atoms with van der Waals surface area (Å²) in [6, 6.07) is 6.95. The van der Waals surface area contributed by atoms with Gasteiger partial charge in [-0.15, -0.1) is 0 Å². The maximum absolute atomic E-state index is 10.6. The molecule has 1 aromatic carbocycles. The van der Waals surface area contributed by atoms with E-state index in [1.54, 1.807) is 24.3 Å². The Hall–Kier alpha value is -1.27. The Morgan fingerprint density at radius 2 is 1.62 bits per heavy atom. The van der Waals surface area contributed by atoms with E-state index < -0.39 is 10.0 Å². The monoisotopic (exact) mass is 245 g/mol. The minimum absolute atomic E-state index is 0.0484. The van der Waals surface area contributed by atoms with Crippen LogP contribution in [0.25, 0.3) is 0 Å². The molecule has 1 aromatic rings. The maximum Gasteiger partial charge on any atom is 0.212 e. The zero-order valence-corrected chi connectivity index (χ0v) is 9.87. The third-order valence-corrected chi connectivity index (χ3v) is 2.51. The van der Waals surface area contributed by atoms with Crippen LogP contribution in [0.4, 0.5) is 0 Å². The third-order valence-electron chi connectivity index (χ3n) is 1.77. The van der Waals surface area contributed by atoms with Crippen molar-refractivity contribution >= 4 is 10.0 Å². The third kappa shape index (κ3) is 4.99. The van der Waals surface area contributed by atoms with Crippen molar-refractivity contribution in [2.45, 2.75) is 6.92 Å². The largest absolute Gasteiger partial charge is 0.494 e. The van der Waals surface area contributed by atoms with Crippen molar-refractivity contribution < 1.29 is 17.9 Å². The average Bonchev–Trinajstić information content (AvgIpc) is 2.19. The Morgan fingerprint density at radius 3 is 2.06 bits per heavy atom. The number of primary sulfonamides is 1. The number of ether oxygens (including phenoxy) is 2. The van der Waals surface area contributed by atoms with Gasteiger partial charge in [0, 0.05) is 0 Å². The Labute approximate surface area is 95.2 Å². The van der Waals surface area contributed by atoms with Crippen molar-refractivity contribution in [1.29, 1.82) is 0 Å². The molecular formula is C10H15NO4S. The predicted molar refractivity (Wildman–Crippen MR) is 61.1 cm³/mol. The highest BCUT2D eigenvalue weighted by Crippen LogP contribution is 2.17. The number of hydrogen-bond donors (Lipinski definition) is 1. The molecule has 0 atom stereocenters. The summed E-state index contributed by atoms with van der Waals surface area (Å²) in [4.78, 5) is 0. The molecule has 6 heteroatoms. The lowest BCUT2D eigenvalue weighted by molar-refractivity contribution is 0.331. The number of hydrogen-bond acceptors (Lipinski definition) is 4. The summed E-state index contributed by atoms with van der Waals surface area (Å²) in [5.74, 6) is 1.15. The fourth-order valence-electron chi connectivity index (χ4n) is 1.07. The van der Waals surface area contributed by atoms with Gasteiger partial charge in [0.2, 0.25) is 10.0 Å². The van der Waals surface area contributed by atoms with Gasteiger partial charge < -0.3 is 9.47 Å². The van der Waals surface area contributed by atoms with Crippen LogP contribution in [0.5, 0.6) is 11.5 Å². The van der Waals surface area contributed by atoms with Crippen molar-refractivity contribution in [2.24, 2.45) is 5.14 Å². The molecule has 0 aliphatic carbocycles. The van der Waals surface area contributed by atoms with E-state index >= 15 is 0 Å². The van der Waals surface area contributed by atoms with E-state index in [0.717, 1.165) is 5.75 Å². The second-order valence-electron chi connectivity index (χ2n) is 3.12. The van der Waals surface area contributed by atoms with E-state index in [1.807, 2.05) is 6.92 Å². The molecule has 0 heterocycles. The first-order valence-electron chi connectivity index (χ1n) is 4.87. The normalized spacial score (nSPS) is 11.1. The Bertz CT molecular complexity index is 413. The molecule has 0 amide bonds. The molecule has 0 saturated carbocycles. The van der Waals surface area contributed by atoms with Crippen molar-refractivity contribution in [2.75, 3.05) is 19.0 Å². The van der Waals surface area contributed by atoms with Crippen molar-refractivity contribution in [3.8, 4) is 11.5 Å². The van der Waals surface area contributed by atoms with E-state index in [4.69, 9.17) is 14.6 Å². The van der Waals surface area contributed by atoms with Gasteiger partial charge in [-0.3, -0.25) is 0 Å². The molecule has 0 fully saturated rings. The van der Waals surface area contributed by atoms with Crippen molar-refractivity contribution in [3.63, 3.8) is 0 Å². The molecule has 1 rings (SSSR count). The minimum atomic E-state index is -3.46. The standard InChI is InChI=1S/C10H15NO4S/c1-2-14-9-3-5-10(6-4-9)15-7-8-16(11,12)13/h3-6H,2,7-8H2,1H3,(H2,11,12,13). The van der Waals surface area contributed by atoms with E-state index in [2.05, 4.69) is 0 Å². The summed E-state index contributed by atoms with van der Waals surface area (Å²) in [5.41, 5.74) is 0. The SMILES string of the molecule is CCOc1ccc(OCCS(N)(=O)=O)cc1. The topological polar surface area (TPSA) is 78.6 Å². The highest BCUT2D eigenvalue weighted by molar-refractivity contribution is 7.89. The van der Waals surface area contributed by atoms with Crippen LogP contribution < -0.4 is 14.6 Å². The van der Waals surface area contributed by atoms with Crippen LogP contribution >= 0.6 is 0 Å². The summed E-state index contributed by atoms with van der Waals surface area (Å²) in [6.45, 7) is 2.55. The lowest BCUT2D eigenvalue weighted by Crippen LogP contribution is -2.21. The molecule has 0 aromatic heterocycles. The van der Waals surface area contributed by atoms with Gasteiger partial charge in [-0.2, -0.15) is 0 Å². The number of benzene rings is 1. The Kier molecular flexibility index (Phi) is 4.57. The zero-order chi connectivity index (χ0) is 12.0. The summed E-state index contributed by atoms with van der Waals surface area (Å²) in [7, 11) is -3.46. The van der Waals surface area contributed by atoms with Gasteiger partial charge in [0.1, 0.15) is 18.1 Å². The lowest BCUT2D eigenvalue weighted by atomic mass is 10.3. The van der Waals surface area contributed by atoms with Crippen LogP contribution in [0, 0.1) is 0 Å². The van der Waals surface area contributed by atoms with Crippen molar-refractivity contribution in [1.82, 2.24) is 0 Å². The molecular weight excluding hydrogens is 230 g/mol. The summed E-state index contributed by atoms with van der Waals surface area (Å²) >= 11 is 0. The number of nitrogens with two attached hydrogens (primary N) is 1. The molecule has 5 nitrogen and oxygen atoms in total. The van der Waals surface area contributed by atoms with E-state index in [0.29, 0.717) is 12.4 Å². The molecule has 90 valence electrons. The van der Waals surface area contributed by atoms with Crippen molar-refractivity contribution in [3.05, 3.63) is 24.3 Å². The van der Waals surface area contributed by atoms with Gasteiger partial charge in [-0.25, -0.2) is 13.6 Å². The lowest BCUT2D eigenvalue weighted by Gasteiger charge is -2.06. The molecule has 0 unspecified atom stereocenters. The molecule has 0 aliphatic rings. The first-order valence-corrected chi connectivity index (χ1v) is 6.59. The first-order chi connectivity index (χ1) is 7.51. The highest BCUT2D eigenvalue weighted by atomic mass is 32.2. The quantitative estimate of drug-likeness (QED) is 0.802.